The smallest absolute Gasteiger partial charge is 0.230 e. The van der Waals surface area contributed by atoms with Gasteiger partial charge in [-0.25, -0.2) is 0 Å². The number of hydrogen-bond acceptors (Lipinski definition) is 5. The van der Waals surface area contributed by atoms with E-state index in [1.54, 1.807) is 4.90 Å². The minimum atomic E-state index is -0.392. The highest BCUT2D eigenvalue weighted by molar-refractivity contribution is 6.03. The summed E-state index contributed by atoms with van der Waals surface area (Å²) in [5.74, 6) is 1.00. The molecule has 2 aliphatic rings. The lowest BCUT2D eigenvalue weighted by atomic mass is 9.85. The Morgan fingerprint density at radius 2 is 1.93 bits per heavy atom. The first kappa shape index (κ1) is 18.5. The van der Waals surface area contributed by atoms with Gasteiger partial charge >= 0.3 is 0 Å². The molecule has 1 atom stereocenters. The van der Waals surface area contributed by atoms with Crippen LogP contribution in [0.4, 0.5) is 11.4 Å². The van der Waals surface area contributed by atoms with Crippen molar-refractivity contribution in [2.45, 2.75) is 31.6 Å². The van der Waals surface area contributed by atoms with E-state index >= 15 is 0 Å². The van der Waals surface area contributed by atoms with E-state index in [2.05, 4.69) is 15.5 Å². The van der Waals surface area contributed by atoms with Gasteiger partial charge in [0.1, 0.15) is 0 Å². The van der Waals surface area contributed by atoms with Gasteiger partial charge < -0.3 is 14.7 Å². The fourth-order valence-corrected chi connectivity index (χ4v) is 3.89. The Bertz CT molecular complexity index is 1070. The molecule has 1 saturated carbocycles. The summed E-state index contributed by atoms with van der Waals surface area (Å²) in [6.45, 7) is 0.379. The van der Waals surface area contributed by atoms with Crippen molar-refractivity contribution in [3.05, 3.63) is 60.5 Å². The van der Waals surface area contributed by atoms with E-state index in [0.29, 0.717) is 29.9 Å². The average Bonchev–Trinajstić information content (AvgIpc) is 3.35. The summed E-state index contributed by atoms with van der Waals surface area (Å²) in [5, 5.41) is 7.02. The van der Waals surface area contributed by atoms with Crippen molar-refractivity contribution in [2.24, 2.45) is 5.92 Å². The molecule has 7 heteroatoms. The third-order valence-electron chi connectivity index (χ3n) is 5.85. The molecule has 2 heterocycles. The number of benzene rings is 2. The van der Waals surface area contributed by atoms with Crippen molar-refractivity contribution in [3.63, 3.8) is 0 Å². The zero-order chi connectivity index (χ0) is 20.5. The summed E-state index contributed by atoms with van der Waals surface area (Å²) in [7, 11) is 0. The van der Waals surface area contributed by atoms with Crippen molar-refractivity contribution in [3.8, 4) is 11.4 Å². The summed E-state index contributed by atoms with van der Waals surface area (Å²) >= 11 is 0. The maximum Gasteiger partial charge on any atom is 0.230 e. The highest BCUT2D eigenvalue weighted by Crippen LogP contribution is 2.36. The number of amides is 2. The molecular weight excluding hydrogens is 380 g/mol. The Hall–Kier alpha value is -3.48. The summed E-state index contributed by atoms with van der Waals surface area (Å²) in [6, 6.07) is 16.8. The van der Waals surface area contributed by atoms with Gasteiger partial charge in [-0.15, -0.1) is 0 Å². The molecular formula is C23H22N4O3. The summed E-state index contributed by atoms with van der Waals surface area (Å²) in [6.07, 6.45) is 3.60. The summed E-state index contributed by atoms with van der Waals surface area (Å²) in [4.78, 5) is 31.4. The molecule has 0 unspecified atom stereocenters. The third kappa shape index (κ3) is 3.58. The van der Waals surface area contributed by atoms with Crippen molar-refractivity contribution in [1.82, 2.24) is 10.1 Å². The fraction of sp³-hybridized carbons (Fsp3) is 0.304. The molecule has 3 aromatic rings. The molecule has 0 spiro atoms. The van der Waals surface area contributed by atoms with Crippen LogP contribution in [0, 0.1) is 5.92 Å². The number of rotatable bonds is 5. The zero-order valence-corrected chi connectivity index (χ0v) is 16.5. The van der Waals surface area contributed by atoms with Crippen molar-refractivity contribution < 1.29 is 14.1 Å². The lowest BCUT2D eigenvalue weighted by Gasteiger charge is -2.20. The Kier molecular flexibility index (Phi) is 4.78. The Morgan fingerprint density at radius 1 is 1.10 bits per heavy atom. The quantitative estimate of drug-likeness (QED) is 0.697. The van der Waals surface area contributed by atoms with Crippen LogP contribution >= 0.6 is 0 Å². The number of anilines is 2. The number of hydrogen-bond donors (Lipinski definition) is 1. The molecule has 1 saturated heterocycles. The van der Waals surface area contributed by atoms with Crippen molar-refractivity contribution in [1.29, 1.82) is 0 Å². The Labute approximate surface area is 174 Å². The van der Waals surface area contributed by atoms with E-state index in [1.165, 1.54) is 6.42 Å². The van der Waals surface area contributed by atoms with Gasteiger partial charge in [-0.1, -0.05) is 41.9 Å². The van der Waals surface area contributed by atoms with E-state index in [4.69, 9.17) is 4.52 Å². The van der Waals surface area contributed by atoms with Gasteiger partial charge in [-0.3, -0.25) is 9.59 Å². The van der Waals surface area contributed by atoms with Gasteiger partial charge in [-0.05, 0) is 37.1 Å². The van der Waals surface area contributed by atoms with Crippen LogP contribution in [-0.2, 0) is 9.59 Å². The monoisotopic (exact) mass is 402 g/mol. The third-order valence-corrected chi connectivity index (χ3v) is 5.85. The predicted octanol–water partition coefficient (Wildman–Crippen LogP) is 4.00. The highest BCUT2D eigenvalue weighted by atomic mass is 16.5. The van der Waals surface area contributed by atoms with Gasteiger partial charge in [0.05, 0.1) is 5.92 Å². The van der Waals surface area contributed by atoms with E-state index < -0.39 is 5.92 Å². The molecule has 152 valence electrons. The standard InChI is InChI=1S/C23H22N4O3/c28-20-13-17(14-27(20)19-10-2-1-3-11-19)22(29)24-18-9-5-8-16(12-18)21-25-23(30-26-21)15-6-4-7-15/h1-3,5,8-12,15,17H,4,6-7,13-14H2,(H,24,29)/t17-/m1/s1. The second-order valence-corrected chi connectivity index (χ2v) is 7.90. The molecule has 0 radical (unpaired) electrons. The molecule has 1 aliphatic heterocycles. The van der Waals surface area contributed by atoms with E-state index in [9.17, 15) is 9.59 Å². The number of aromatic nitrogens is 2. The van der Waals surface area contributed by atoms with E-state index in [1.807, 2.05) is 54.6 Å². The number of carbonyl (C=O) groups excluding carboxylic acids is 2. The molecule has 1 aliphatic carbocycles. The second kappa shape index (κ2) is 7.74. The first-order chi connectivity index (χ1) is 14.7. The SMILES string of the molecule is O=C(Nc1cccc(-c2noc(C3CCC3)n2)c1)[C@@H]1CC(=O)N(c2ccccc2)C1. The van der Waals surface area contributed by atoms with Crippen LogP contribution in [0.15, 0.2) is 59.1 Å². The number of nitrogens with zero attached hydrogens (tertiary/aromatic N) is 3. The summed E-state index contributed by atoms with van der Waals surface area (Å²) < 4.78 is 5.40. The molecule has 2 aromatic carbocycles. The zero-order valence-electron chi connectivity index (χ0n) is 16.5. The van der Waals surface area contributed by atoms with E-state index in [0.717, 1.165) is 24.1 Å². The predicted molar refractivity (Wildman–Crippen MR) is 112 cm³/mol. The molecule has 1 N–H and O–H groups in total. The Morgan fingerprint density at radius 3 is 2.70 bits per heavy atom. The van der Waals surface area contributed by atoms with Crippen LogP contribution in [0.25, 0.3) is 11.4 Å². The lowest BCUT2D eigenvalue weighted by molar-refractivity contribution is -0.122. The minimum absolute atomic E-state index is 0.0366. The molecule has 7 nitrogen and oxygen atoms in total. The lowest BCUT2D eigenvalue weighted by Crippen LogP contribution is -2.28. The Balaban J connectivity index is 1.27. The molecule has 0 bridgehead atoms. The maximum atomic E-state index is 12.8. The van der Waals surface area contributed by atoms with Gasteiger partial charge in [0.15, 0.2) is 0 Å². The van der Waals surface area contributed by atoms with Gasteiger partial charge in [0.25, 0.3) is 0 Å². The fourth-order valence-electron chi connectivity index (χ4n) is 3.89. The van der Waals surface area contributed by atoms with Crippen LogP contribution in [0.5, 0.6) is 0 Å². The average molecular weight is 402 g/mol. The molecule has 30 heavy (non-hydrogen) atoms. The van der Waals surface area contributed by atoms with Crippen LogP contribution < -0.4 is 10.2 Å². The first-order valence-corrected chi connectivity index (χ1v) is 10.3. The molecule has 2 fully saturated rings. The molecule has 5 rings (SSSR count). The minimum Gasteiger partial charge on any atom is -0.339 e. The van der Waals surface area contributed by atoms with Gasteiger partial charge in [0, 0.05) is 35.8 Å². The molecule has 1 aromatic heterocycles. The topological polar surface area (TPSA) is 88.3 Å². The van der Waals surface area contributed by atoms with Crippen molar-refractivity contribution >= 4 is 23.2 Å². The van der Waals surface area contributed by atoms with Crippen LogP contribution in [0.1, 0.15) is 37.5 Å². The van der Waals surface area contributed by atoms with Crippen LogP contribution in [0.3, 0.4) is 0 Å². The second-order valence-electron chi connectivity index (χ2n) is 7.90. The largest absolute Gasteiger partial charge is 0.339 e. The molecule has 2 amide bonds. The normalized spacial score (nSPS) is 19.0. The van der Waals surface area contributed by atoms with Crippen LogP contribution in [-0.4, -0.2) is 28.5 Å². The number of para-hydroxylation sites is 1. The van der Waals surface area contributed by atoms with Gasteiger partial charge in [0.2, 0.25) is 23.5 Å². The van der Waals surface area contributed by atoms with E-state index in [-0.39, 0.29) is 18.2 Å². The summed E-state index contributed by atoms with van der Waals surface area (Å²) in [5.41, 5.74) is 2.26. The van der Waals surface area contributed by atoms with Gasteiger partial charge in [-0.2, -0.15) is 4.98 Å². The maximum absolute atomic E-state index is 12.8. The van der Waals surface area contributed by atoms with Crippen molar-refractivity contribution in [2.75, 3.05) is 16.8 Å². The van der Waals surface area contributed by atoms with Crippen LogP contribution in [0.2, 0.25) is 0 Å². The number of nitrogens with one attached hydrogen (secondary N) is 1. The number of carbonyl (C=O) groups is 2. The first-order valence-electron chi connectivity index (χ1n) is 10.3. The highest BCUT2D eigenvalue weighted by Gasteiger charge is 2.35.